The molecule has 0 aliphatic carbocycles. The molecule has 0 spiro atoms. The summed E-state index contributed by atoms with van der Waals surface area (Å²) >= 11 is 0. The smallest absolute Gasteiger partial charge is 0.126 e. The van der Waals surface area contributed by atoms with Crippen molar-refractivity contribution < 1.29 is 4.39 Å². The van der Waals surface area contributed by atoms with Crippen LogP contribution in [-0.4, -0.2) is 16.6 Å². The van der Waals surface area contributed by atoms with Gasteiger partial charge in [-0.2, -0.15) is 0 Å². The van der Waals surface area contributed by atoms with E-state index < -0.39 is 0 Å². The van der Waals surface area contributed by atoms with E-state index in [9.17, 15) is 4.39 Å². The molecular weight excluding hydrogens is 217 g/mol. The molecular formula is C13H16FN3. The van der Waals surface area contributed by atoms with Gasteiger partial charge in [0.05, 0.1) is 18.4 Å². The Hall–Kier alpha value is -1.68. The van der Waals surface area contributed by atoms with Crippen LogP contribution in [0.3, 0.4) is 0 Å². The summed E-state index contributed by atoms with van der Waals surface area (Å²) < 4.78 is 15.2. The molecule has 0 bridgehead atoms. The molecule has 0 fully saturated rings. The molecule has 0 saturated carbocycles. The van der Waals surface area contributed by atoms with Gasteiger partial charge in [0.2, 0.25) is 0 Å². The van der Waals surface area contributed by atoms with Crippen LogP contribution in [-0.2, 0) is 13.6 Å². The van der Waals surface area contributed by atoms with Crippen molar-refractivity contribution in [3.8, 4) is 11.3 Å². The van der Waals surface area contributed by atoms with Crippen LogP contribution >= 0.6 is 0 Å². The van der Waals surface area contributed by atoms with Crippen molar-refractivity contribution in [3.63, 3.8) is 0 Å². The standard InChI is InChI=1S/C13H16FN3/c1-9-6-10(4-5-11(9)14)12-7-16-13(8-15-2)17(12)3/h4-7,15H,8H2,1-3H3. The molecule has 3 nitrogen and oxygen atoms in total. The summed E-state index contributed by atoms with van der Waals surface area (Å²) in [4.78, 5) is 4.34. The Labute approximate surface area is 100 Å². The Balaban J connectivity index is 2.42. The van der Waals surface area contributed by atoms with Crippen LogP contribution in [0.2, 0.25) is 0 Å². The minimum Gasteiger partial charge on any atom is -0.330 e. The fourth-order valence-electron chi connectivity index (χ4n) is 1.84. The van der Waals surface area contributed by atoms with Crippen molar-refractivity contribution >= 4 is 0 Å². The number of hydrogen-bond acceptors (Lipinski definition) is 2. The van der Waals surface area contributed by atoms with Gasteiger partial charge >= 0.3 is 0 Å². The fourth-order valence-corrected chi connectivity index (χ4v) is 1.84. The van der Waals surface area contributed by atoms with Crippen LogP contribution in [0.15, 0.2) is 24.4 Å². The quantitative estimate of drug-likeness (QED) is 0.881. The largest absolute Gasteiger partial charge is 0.330 e. The summed E-state index contributed by atoms with van der Waals surface area (Å²) in [7, 11) is 3.85. The van der Waals surface area contributed by atoms with Gasteiger partial charge in [0, 0.05) is 12.6 Å². The molecule has 2 rings (SSSR count). The lowest BCUT2D eigenvalue weighted by Gasteiger charge is -2.07. The molecule has 0 radical (unpaired) electrons. The van der Waals surface area contributed by atoms with E-state index >= 15 is 0 Å². The summed E-state index contributed by atoms with van der Waals surface area (Å²) in [6.45, 7) is 2.49. The zero-order chi connectivity index (χ0) is 12.4. The SMILES string of the molecule is CNCc1ncc(-c2ccc(F)c(C)c2)n1C. The normalized spacial score (nSPS) is 10.8. The maximum Gasteiger partial charge on any atom is 0.126 e. The van der Waals surface area contributed by atoms with Crippen molar-refractivity contribution in [2.75, 3.05) is 7.05 Å². The van der Waals surface area contributed by atoms with Gasteiger partial charge in [0.1, 0.15) is 11.6 Å². The van der Waals surface area contributed by atoms with E-state index in [2.05, 4.69) is 10.3 Å². The molecule has 90 valence electrons. The lowest BCUT2D eigenvalue weighted by Crippen LogP contribution is -2.10. The van der Waals surface area contributed by atoms with E-state index in [0.29, 0.717) is 5.56 Å². The van der Waals surface area contributed by atoms with Crippen LogP contribution in [0.5, 0.6) is 0 Å². The molecule has 0 atom stereocenters. The number of halogens is 1. The van der Waals surface area contributed by atoms with Gasteiger partial charge in [-0.15, -0.1) is 0 Å². The first kappa shape index (κ1) is 11.8. The predicted octanol–water partition coefficient (Wildman–Crippen LogP) is 2.25. The van der Waals surface area contributed by atoms with E-state index in [1.54, 1.807) is 13.0 Å². The predicted molar refractivity (Wildman–Crippen MR) is 66.1 cm³/mol. The number of nitrogens with one attached hydrogen (secondary N) is 1. The van der Waals surface area contributed by atoms with Gasteiger partial charge in [-0.05, 0) is 37.7 Å². The second-order valence-electron chi connectivity index (χ2n) is 4.11. The van der Waals surface area contributed by atoms with Gasteiger partial charge < -0.3 is 9.88 Å². The van der Waals surface area contributed by atoms with E-state index in [4.69, 9.17) is 0 Å². The molecule has 1 aromatic heterocycles. The lowest BCUT2D eigenvalue weighted by atomic mass is 10.1. The van der Waals surface area contributed by atoms with Gasteiger partial charge in [0.25, 0.3) is 0 Å². The van der Waals surface area contributed by atoms with Crippen molar-refractivity contribution in [2.45, 2.75) is 13.5 Å². The van der Waals surface area contributed by atoms with E-state index in [0.717, 1.165) is 23.6 Å². The fraction of sp³-hybridized carbons (Fsp3) is 0.308. The van der Waals surface area contributed by atoms with Crippen LogP contribution in [0, 0.1) is 12.7 Å². The number of hydrogen-bond donors (Lipinski definition) is 1. The number of imidazole rings is 1. The topological polar surface area (TPSA) is 29.9 Å². The van der Waals surface area contributed by atoms with E-state index in [-0.39, 0.29) is 5.82 Å². The van der Waals surface area contributed by atoms with Gasteiger partial charge in [-0.1, -0.05) is 0 Å². The van der Waals surface area contributed by atoms with Gasteiger partial charge in [-0.3, -0.25) is 0 Å². The number of benzene rings is 1. The van der Waals surface area contributed by atoms with Crippen LogP contribution in [0.1, 0.15) is 11.4 Å². The Morgan fingerprint density at radius 1 is 1.41 bits per heavy atom. The third kappa shape index (κ3) is 2.22. The maximum absolute atomic E-state index is 13.2. The van der Waals surface area contributed by atoms with Crippen molar-refractivity contribution in [1.29, 1.82) is 0 Å². The van der Waals surface area contributed by atoms with Crippen LogP contribution in [0.4, 0.5) is 4.39 Å². The van der Waals surface area contributed by atoms with Crippen LogP contribution < -0.4 is 5.32 Å². The summed E-state index contributed by atoms with van der Waals surface area (Å²) in [5, 5.41) is 3.07. The maximum atomic E-state index is 13.2. The first-order chi connectivity index (χ1) is 8.13. The Morgan fingerprint density at radius 3 is 2.82 bits per heavy atom. The number of rotatable bonds is 3. The van der Waals surface area contributed by atoms with Crippen molar-refractivity contribution in [2.24, 2.45) is 7.05 Å². The molecule has 0 saturated heterocycles. The molecule has 2 aromatic rings. The molecule has 1 aromatic carbocycles. The first-order valence-electron chi connectivity index (χ1n) is 5.55. The van der Waals surface area contributed by atoms with Crippen LogP contribution in [0.25, 0.3) is 11.3 Å². The Kier molecular flexibility index (Phi) is 3.24. The van der Waals surface area contributed by atoms with Gasteiger partial charge in [-0.25, -0.2) is 9.37 Å². The molecule has 17 heavy (non-hydrogen) atoms. The van der Waals surface area contributed by atoms with E-state index in [1.807, 2.05) is 30.9 Å². The molecule has 1 N–H and O–H groups in total. The van der Waals surface area contributed by atoms with Gasteiger partial charge in [0.15, 0.2) is 0 Å². The molecule has 4 heteroatoms. The monoisotopic (exact) mass is 233 g/mol. The zero-order valence-corrected chi connectivity index (χ0v) is 10.3. The zero-order valence-electron chi connectivity index (χ0n) is 10.3. The average molecular weight is 233 g/mol. The minimum absolute atomic E-state index is 0.175. The lowest BCUT2D eigenvalue weighted by molar-refractivity contribution is 0.618. The molecule has 0 aliphatic heterocycles. The Bertz CT molecular complexity index is 531. The minimum atomic E-state index is -0.175. The summed E-state index contributed by atoms with van der Waals surface area (Å²) in [5.41, 5.74) is 2.64. The second kappa shape index (κ2) is 4.67. The molecule has 0 aliphatic rings. The highest BCUT2D eigenvalue weighted by atomic mass is 19.1. The molecule has 1 heterocycles. The summed E-state index contributed by atoms with van der Waals surface area (Å²) in [6, 6.07) is 5.12. The highest BCUT2D eigenvalue weighted by Crippen LogP contribution is 2.22. The number of aromatic nitrogens is 2. The molecule has 0 unspecified atom stereocenters. The first-order valence-corrected chi connectivity index (χ1v) is 5.55. The highest BCUT2D eigenvalue weighted by molar-refractivity contribution is 5.60. The number of nitrogens with zero attached hydrogens (tertiary/aromatic N) is 2. The van der Waals surface area contributed by atoms with Crippen molar-refractivity contribution in [1.82, 2.24) is 14.9 Å². The summed E-state index contributed by atoms with van der Waals surface area (Å²) in [5.74, 6) is 0.788. The second-order valence-corrected chi connectivity index (χ2v) is 4.11. The van der Waals surface area contributed by atoms with E-state index in [1.165, 1.54) is 6.07 Å². The average Bonchev–Trinajstić information content (AvgIpc) is 2.66. The Morgan fingerprint density at radius 2 is 2.18 bits per heavy atom. The highest BCUT2D eigenvalue weighted by Gasteiger charge is 2.09. The summed E-state index contributed by atoms with van der Waals surface area (Å²) in [6.07, 6.45) is 1.82. The third-order valence-electron chi connectivity index (χ3n) is 2.87. The number of aryl methyl sites for hydroxylation is 1. The third-order valence-corrected chi connectivity index (χ3v) is 2.87. The van der Waals surface area contributed by atoms with Crippen molar-refractivity contribution in [3.05, 3.63) is 41.6 Å². The molecule has 0 amide bonds.